The molecule has 1 aliphatic heterocycles. The number of hydrogen-bond donors (Lipinski definition) is 2. The highest BCUT2D eigenvalue weighted by atomic mass is 16.4. The Hall–Kier alpha value is -2.97. The van der Waals surface area contributed by atoms with Crippen LogP contribution in [0.3, 0.4) is 0 Å². The summed E-state index contributed by atoms with van der Waals surface area (Å²) in [6.07, 6.45) is 3.24. The van der Waals surface area contributed by atoms with Gasteiger partial charge < -0.3 is 14.9 Å². The molecule has 1 aliphatic rings. The predicted molar refractivity (Wildman–Crippen MR) is 89.3 cm³/mol. The Morgan fingerprint density at radius 1 is 1.32 bits per heavy atom. The van der Waals surface area contributed by atoms with Crippen molar-refractivity contribution in [2.45, 2.75) is 12.3 Å². The number of aromatic nitrogens is 4. The molecule has 0 radical (unpaired) electrons. The van der Waals surface area contributed by atoms with Crippen LogP contribution in [-0.4, -0.2) is 69.5 Å². The van der Waals surface area contributed by atoms with Crippen molar-refractivity contribution in [3.8, 4) is 0 Å². The second kappa shape index (κ2) is 6.88. The number of carboxylic acids is 1. The number of carboxylic acid groups (broad SMARTS) is 1. The molecule has 1 saturated heterocycles. The van der Waals surface area contributed by atoms with Crippen LogP contribution in [0.4, 0.5) is 5.82 Å². The van der Waals surface area contributed by atoms with E-state index in [0.717, 1.165) is 11.5 Å². The van der Waals surface area contributed by atoms with E-state index >= 15 is 0 Å². The third-order valence-electron chi connectivity index (χ3n) is 4.42. The van der Waals surface area contributed by atoms with E-state index in [0.29, 0.717) is 18.7 Å². The molecule has 0 bridgehead atoms. The summed E-state index contributed by atoms with van der Waals surface area (Å²) in [5.74, 6) is -0.325. The van der Waals surface area contributed by atoms with E-state index in [1.165, 1.54) is 4.90 Å². The summed E-state index contributed by atoms with van der Waals surface area (Å²) in [6.45, 7) is 1.18. The highest BCUT2D eigenvalue weighted by Crippen LogP contribution is 2.35. The van der Waals surface area contributed by atoms with Crippen molar-refractivity contribution in [2.24, 2.45) is 5.92 Å². The van der Waals surface area contributed by atoms with Crippen molar-refractivity contribution in [2.75, 3.05) is 32.1 Å². The van der Waals surface area contributed by atoms with Crippen LogP contribution >= 0.6 is 0 Å². The molecule has 9 heteroatoms. The summed E-state index contributed by atoms with van der Waals surface area (Å²) in [4.78, 5) is 31.0. The first kappa shape index (κ1) is 16.9. The van der Waals surface area contributed by atoms with Gasteiger partial charge in [0, 0.05) is 39.3 Å². The summed E-state index contributed by atoms with van der Waals surface area (Å²) >= 11 is 0. The van der Waals surface area contributed by atoms with Crippen LogP contribution in [0.15, 0.2) is 24.5 Å². The minimum absolute atomic E-state index is 0.0280. The lowest BCUT2D eigenvalue weighted by atomic mass is 9.91. The lowest BCUT2D eigenvalue weighted by Gasteiger charge is -2.18. The topological polar surface area (TPSA) is 115 Å². The fourth-order valence-electron chi connectivity index (χ4n) is 3.17. The lowest BCUT2D eigenvalue weighted by molar-refractivity contribution is -0.138. The number of carbonyl (C=O) groups excluding carboxylic acids is 1. The number of rotatable bonds is 5. The van der Waals surface area contributed by atoms with E-state index < -0.39 is 5.97 Å². The van der Waals surface area contributed by atoms with Crippen molar-refractivity contribution in [1.29, 1.82) is 0 Å². The number of pyridine rings is 1. The summed E-state index contributed by atoms with van der Waals surface area (Å²) in [7, 11) is 3.38. The van der Waals surface area contributed by atoms with Gasteiger partial charge in [-0.2, -0.15) is 15.4 Å². The van der Waals surface area contributed by atoms with Crippen LogP contribution in [0.1, 0.15) is 28.4 Å². The monoisotopic (exact) mass is 344 g/mol. The van der Waals surface area contributed by atoms with Crippen LogP contribution in [0, 0.1) is 5.92 Å². The van der Waals surface area contributed by atoms with Crippen molar-refractivity contribution < 1.29 is 14.7 Å². The first-order chi connectivity index (χ1) is 12.0. The Bertz CT molecular complexity index is 744. The van der Waals surface area contributed by atoms with Crippen LogP contribution in [-0.2, 0) is 4.79 Å². The summed E-state index contributed by atoms with van der Waals surface area (Å²) in [6, 6.07) is 3.53. The van der Waals surface area contributed by atoms with E-state index in [-0.39, 0.29) is 24.2 Å². The number of nitrogens with one attached hydrogen (secondary N) is 1. The van der Waals surface area contributed by atoms with Gasteiger partial charge in [0.1, 0.15) is 5.82 Å². The van der Waals surface area contributed by atoms with Gasteiger partial charge in [0.2, 0.25) is 0 Å². The van der Waals surface area contributed by atoms with Crippen molar-refractivity contribution in [3.63, 3.8) is 0 Å². The van der Waals surface area contributed by atoms with Crippen LogP contribution < -0.4 is 4.90 Å². The first-order valence-electron chi connectivity index (χ1n) is 7.96. The van der Waals surface area contributed by atoms with Gasteiger partial charge in [-0.15, -0.1) is 0 Å². The maximum absolute atomic E-state index is 11.9. The summed E-state index contributed by atoms with van der Waals surface area (Å²) in [5.41, 5.74) is 1.27. The predicted octanol–water partition coefficient (Wildman–Crippen LogP) is 0.596. The molecule has 2 N–H and O–H groups in total. The second-order valence-corrected chi connectivity index (χ2v) is 6.37. The molecule has 0 unspecified atom stereocenters. The highest BCUT2D eigenvalue weighted by Gasteiger charge is 2.37. The SMILES string of the molecule is CN(C)C(=O)c1ccc(N2C[C@@H](CC(=O)O)[C@@H](c3cn[nH]n3)C2)nc1. The van der Waals surface area contributed by atoms with Gasteiger partial charge in [0.05, 0.1) is 23.9 Å². The van der Waals surface area contributed by atoms with Crippen molar-refractivity contribution in [3.05, 3.63) is 35.8 Å². The third kappa shape index (κ3) is 3.59. The molecule has 2 aromatic rings. The zero-order valence-corrected chi connectivity index (χ0v) is 14.1. The Labute approximate surface area is 144 Å². The molecule has 0 aromatic carbocycles. The Balaban J connectivity index is 1.79. The molecule has 2 aromatic heterocycles. The largest absolute Gasteiger partial charge is 0.481 e. The maximum atomic E-state index is 11.9. The third-order valence-corrected chi connectivity index (χ3v) is 4.42. The normalized spacial score (nSPS) is 19.8. The van der Waals surface area contributed by atoms with Gasteiger partial charge in [-0.05, 0) is 18.1 Å². The number of nitrogens with zero attached hydrogens (tertiary/aromatic N) is 5. The Kier molecular flexibility index (Phi) is 4.64. The van der Waals surface area contributed by atoms with E-state index in [1.54, 1.807) is 38.6 Å². The summed E-state index contributed by atoms with van der Waals surface area (Å²) in [5, 5.41) is 19.7. The fraction of sp³-hybridized carbons (Fsp3) is 0.438. The van der Waals surface area contributed by atoms with Crippen molar-refractivity contribution in [1.82, 2.24) is 25.3 Å². The average Bonchev–Trinajstić information content (AvgIpc) is 3.23. The van der Waals surface area contributed by atoms with Gasteiger partial charge in [0.25, 0.3) is 5.91 Å². The Morgan fingerprint density at radius 2 is 2.12 bits per heavy atom. The standard InChI is InChI=1S/C16H20N6O3/c1-21(2)16(25)10-3-4-14(17-6-10)22-8-11(5-15(23)24)12(9-22)13-7-18-20-19-13/h3-4,6-7,11-12H,5,8-9H2,1-2H3,(H,23,24)(H,18,19,20)/t11-,12+/m1/s1. The zero-order valence-electron chi connectivity index (χ0n) is 14.1. The maximum Gasteiger partial charge on any atom is 0.303 e. The Morgan fingerprint density at radius 3 is 2.68 bits per heavy atom. The van der Waals surface area contributed by atoms with Crippen LogP contribution in [0.5, 0.6) is 0 Å². The molecule has 9 nitrogen and oxygen atoms in total. The van der Waals surface area contributed by atoms with Gasteiger partial charge in [0.15, 0.2) is 0 Å². The zero-order chi connectivity index (χ0) is 18.0. The molecule has 3 heterocycles. The number of hydrogen-bond acceptors (Lipinski definition) is 6. The first-order valence-corrected chi connectivity index (χ1v) is 7.96. The number of H-pyrrole nitrogens is 1. The van der Waals surface area contributed by atoms with Crippen molar-refractivity contribution >= 4 is 17.7 Å². The molecule has 3 rings (SSSR count). The van der Waals surface area contributed by atoms with Gasteiger partial charge in [-0.3, -0.25) is 9.59 Å². The minimum atomic E-state index is -0.833. The summed E-state index contributed by atoms with van der Waals surface area (Å²) < 4.78 is 0. The molecule has 1 fully saturated rings. The van der Waals surface area contributed by atoms with E-state index in [2.05, 4.69) is 20.4 Å². The van der Waals surface area contributed by atoms with Gasteiger partial charge >= 0.3 is 5.97 Å². The molecule has 25 heavy (non-hydrogen) atoms. The molecular formula is C16H20N6O3. The number of amides is 1. The molecule has 132 valence electrons. The van der Waals surface area contributed by atoms with Gasteiger partial charge in [-0.25, -0.2) is 4.98 Å². The molecule has 0 saturated carbocycles. The fourth-order valence-corrected chi connectivity index (χ4v) is 3.17. The molecule has 2 atom stereocenters. The van der Waals surface area contributed by atoms with Gasteiger partial charge in [-0.1, -0.05) is 0 Å². The molecular weight excluding hydrogens is 324 g/mol. The second-order valence-electron chi connectivity index (χ2n) is 6.37. The molecule has 1 amide bonds. The highest BCUT2D eigenvalue weighted by molar-refractivity contribution is 5.93. The number of carbonyl (C=O) groups is 2. The smallest absolute Gasteiger partial charge is 0.303 e. The molecule has 0 spiro atoms. The number of aromatic amines is 1. The van der Waals surface area contributed by atoms with Crippen LogP contribution in [0.25, 0.3) is 0 Å². The van der Waals surface area contributed by atoms with Crippen LogP contribution in [0.2, 0.25) is 0 Å². The van der Waals surface area contributed by atoms with E-state index in [9.17, 15) is 14.7 Å². The molecule has 0 aliphatic carbocycles. The van der Waals surface area contributed by atoms with E-state index in [1.807, 2.05) is 4.90 Å². The quantitative estimate of drug-likeness (QED) is 0.816. The van der Waals surface area contributed by atoms with E-state index in [4.69, 9.17) is 0 Å². The lowest BCUT2D eigenvalue weighted by Crippen LogP contribution is -2.23. The average molecular weight is 344 g/mol. The number of aliphatic carboxylic acids is 1. The number of anilines is 1. The minimum Gasteiger partial charge on any atom is -0.481 e.